The largest absolute Gasteiger partial charge is 0.322 e. The van der Waals surface area contributed by atoms with Crippen molar-refractivity contribution in [1.82, 2.24) is 4.90 Å². The fourth-order valence-corrected chi connectivity index (χ4v) is 6.70. The van der Waals surface area contributed by atoms with Crippen LogP contribution in [-0.2, 0) is 4.79 Å². The number of rotatable bonds is 3. The number of amides is 1. The highest BCUT2D eigenvalue weighted by Gasteiger charge is 2.79. The zero-order chi connectivity index (χ0) is 19.6. The van der Waals surface area contributed by atoms with Crippen LogP contribution in [-0.4, -0.2) is 22.9 Å². The third-order valence-electron chi connectivity index (χ3n) is 8.52. The van der Waals surface area contributed by atoms with Crippen molar-refractivity contribution in [3.63, 3.8) is 0 Å². The first-order valence-corrected chi connectivity index (χ1v) is 10.3. The van der Waals surface area contributed by atoms with Crippen LogP contribution in [0.25, 0.3) is 0 Å². The van der Waals surface area contributed by atoms with Crippen molar-refractivity contribution in [3.8, 4) is 6.07 Å². The van der Waals surface area contributed by atoms with E-state index in [-0.39, 0.29) is 22.7 Å². The molecule has 2 aromatic carbocycles. The molecule has 0 aromatic heterocycles. The van der Waals surface area contributed by atoms with Crippen LogP contribution in [0.15, 0.2) is 60.7 Å². The van der Waals surface area contributed by atoms with Crippen LogP contribution in [0.5, 0.6) is 0 Å². The zero-order valence-corrected chi connectivity index (χ0v) is 16.6. The molecule has 3 aliphatic rings. The lowest BCUT2D eigenvalue weighted by molar-refractivity contribution is -0.138. The molecule has 4 bridgehead atoms. The molecule has 1 saturated heterocycles. The Bertz CT molecular complexity index is 926. The van der Waals surface area contributed by atoms with Crippen LogP contribution in [0.3, 0.4) is 0 Å². The molecule has 0 N–H and O–H groups in total. The molecule has 1 amide bonds. The molecule has 0 unspecified atom stereocenters. The fourth-order valence-electron chi connectivity index (χ4n) is 6.70. The molecule has 0 radical (unpaired) electrons. The highest BCUT2D eigenvalue weighted by molar-refractivity contribution is 5.89. The maximum atomic E-state index is 14.0. The second-order valence-electron chi connectivity index (χ2n) is 9.34. The molecule has 4 atom stereocenters. The SMILES string of the molecule is C[C@]12CC[C@@H]3C[C@@]1(C#N)N(C(=O)C(c1ccccc1)c1ccccc1)C[C@@]32C. The second kappa shape index (κ2) is 5.70. The van der Waals surface area contributed by atoms with Gasteiger partial charge in [-0.25, -0.2) is 0 Å². The summed E-state index contributed by atoms with van der Waals surface area (Å²) in [5.41, 5.74) is 1.28. The van der Waals surface area contributed by atoms with Gasteiger partial charge in [-0.2, -0.15) is 5.26 Å². The predicted molar refractivity (Wildman–Crippen MR) is 108 cm³/mol. The molecule has 1 heterocycles. The van der Waals surface area contributed by atoms with Crippen molar-refractivity contribution >= 4 is 5.91 Å². The number of hydrogen-bond donors (Lipinski definition) is 0. The lowest BCUT2D eigenvalue weighted by Crippen LogP contribution is -2.55. The number of piperidine rings is 1. The lowest BCUT2D eigenvalue weighted by Gasteiger charge is -2.44. The number of nitriles is 1. The van der Waals surface area contributed by atoms with Crippen molar-refractivity contribution in [2.24, 2.45) is 16.7 Å². The molecule has 142 valence electrons. The molecule has 2 aromatic rings. The van der Waals surface area contributed by atoms with Gasteiger partial charge < -0.3 is 4.90 Å². The Hall–Kier alpha value is -2.60. The minimum absolute atomic E-state index is 0.0519. The van der Waals surface area contributed by atoms with E-state index in [1.807, 2.05) is 65.6 Å². The molecule has 28 heavy (non-hydrogen) atoms. The maximum absolute atomic E-state index is 14.0. The van der Waals surface area contributed by atoms with Crippen LogP contribution in [0.4, 0.5) is 0 Å². The molecule has 2 saturated carbocycles. The van der Waals surface area contributed by atoms with Crippen molar-refractivity contribution in [1.29, 1.82) is 5.26 Å². The molecular weight excluding hydrogens is 344 g/mol. The van der Waals surface area contributed by atoms with Crippen LogP contribution >= 0.6 is 0 Å². The van der Waals surface area contributed by atoms with Crippen LogP contribution in [0.1, 0.15) is 50.2 Å². The topological polar surface area (TPSA) is 44.1 Å². The Balaban J connectivity index is 1.61. The molecule has 3 heteroatoms. The smallest absolute Gasteiger partial charge is 0.235 e. The van der Waals surface area contributed by atoms with Crippen molar-refractivity contribution in [2.75, 3.05) is 6.54 Å². The van der Waals surface area contributed by atoms with Crippen molar-refractivity contribution in [2.45, 2.75) is 44.6 Å². The summed E-state index contributed by atoms with van der Waals surface area (Å²) in [6.07, 6.45) is 3.07. The van der Waals surface area contributed by atoms with E-state index >= 15 is 0 Å². The predicted octanol–water partition coefficient (Wildman–Crippen LogP) is 4.75. The van der Waals surface area contributed by atoms with E-state index in [0.29, 0.717) is 12.5 Å². The molecule has 5 rings (SSSR count). The van der Waals surface area contributed by atoms with Crippen molar-refractivity contribution < 1.29 is 4.79 Å². The summed E-state index contributed by atoms with van der Waals surface area (Å²) in [4.78, 5) is 16.0. The van der Waals surface area contributed by atoms with Gasteiger partial charge >= 0.3 is 0 Å². The number of carbonyl (C=O) groups excluding carboxylic acids is 1. The van der Waals surface area contributed by atoms with Gasteiger partial charge in [-0.3, -0.25) is 4.79 Å². The van der Waals surface area contributed by atoms with Gasteiger partial charge in [0.15, 0.2) is 0 Å². The first kappa shape index (κ1) is 17.5. The number of likely N-dealkylation sites (tertiary alicyclic amines) is 1. The highest BCUT2D eigenvalue weighted by Crippen LogP contribution is 2.75. The number of carbonyl (C=O) groups is 1. The van der Waals surface area contributed by atoms with E-state index in [2.05, 4.69) is 19.9 Å². The second-order valence-corrected chi connectivity index (χ2v) is 9.34. The van der Waals surface area contributed by atoms with E-state index in [1.54, 1.807) is 0 Å². The molecule has 1 aliphatic heterocycles. The summed E-state index contributed by atoms with van der Waals surface area (Å²) >= 11 is 0. The Kier molecular flexibility index (Phi) is 3.56. The number of nitrogens with zero attached hydrogens (tertiary/aromatic N) is 2. The molecular formula is C25H26N2O. The lowest BCUT2D eigenvalue weighted by atomic mass is 9.66. The Morgan fingerprint density at radius 3 is 2.14 bits per heavy atom. The minimum Gasteiger partial charge on any atom is -0.322 e. The van der Waals surface area contributed by atoms with E-state index in [1.165, 1.54) is 6.42 Å². The maximum Gasteiger partial charge on any atom is 0.235 e. The van der Waals surface area contributed by atoms with Gasteiger partial charge in [0, 0.05) is 12.0 Å². The molecule has 3 nitrogen and oxygen atoms in total. The quantitative estimate of drug-likeness (QED) is 0.783. The Morgan fingerprint density at radius 1 is 1.07 bits per heavy atom. The summed E-state index contributed by atoms with van der Waals surface area (Å²) in [6, 6.07) is 22.7. The van der Waals surface area contributed by atoms with Crippen LogP contribution < -0.4 is 0 Å². The number of benzene rings is 2. The molecule has 3 fully saturated rings. The van der Waals surface area contributed by atoms with Gasteiger partial charge in [0.25, 0.3) is 0 Å². The van der Waals surface area contributed by atoms with Gasteiger partial charge in [-0.1, -0.05) is 74.5 Å². The Morgan fingerprint density at radius 2 is 1.64 bits per heavy atom. The van der Waals surface area contributed by atoms with Crippen molar-refractivity contribution in [3.05, 3.63) is 71.8 Å². The van der Waals surface area contributed by atoms with Gasteiger partial charge in [-0.15, -0.1) is 0 Å². The standard InChI is InChI=1S/C25H26N2O/c1-23-17-27(25(16-26)15-20(23)13-14-24(23,25)2)22(28)21(18-9-5-3-6-10-18)19-11-7-4-8-12-19/h3-12,20-21H,13-15,17H2,1-2H3/t20-,23+,24-,25+/m1/s1. The number of hydrogen-bond acceptors (Lipinski definition) is 2. The normalized spacial score (nSPS) is 35.4. The zero-order valence-electron chi connectivity index (χ0n) is 16.6. The third-order valence-corrected chi connectivity index (χ3v) is 8.52. The van der Waals surface area contributed by atoms with Gasteiger partial charge in [0.1, 0.15) is 5.54 Å². The van der Waals surface area contributed by atoms with Gasteiger partial charge in [-0.05, 0) is 41.7 Å². The fraction of sp³-hybridized carbons (Fsp3) is 0.440. The summed E-state index contributed by atoms with van der Waals surface area (Å²) in [6.45, 7) is 5.28. The van der Waals surface area contributed by atoms with E-state index in [0.717, 1.165) is 24.0 Å². The van der Waals surface area contributed by atoms with Gasteiger partial charge in [0.05, 0.1) is 12.0 Å². The van der Waals surface area contributed by atoms with Crippen LogP contribution in [0, 0.1) is 28.1 Å². The summed E-state index contributed by atoms with van der Waals surface area (Å²) < 4.78 is 0. The summed E-state index contributed by atoms with van der Waals surface area (Å²) in [7, 11) is 0. The molecule has 2 aliphatic carbocycles. The third kappa shape index (κ3) is 1.91. The van der Waals surface area contributed by atoms with Gasteiger partial charge in [0.2, 0.25) is 5.91 Å². The average molecular weight is 370 g/mol. The summed E-state index contributed by atoms with van der Waals surface area (Å²) in [5, 5.41) is 10.3. The summed E-state index contributed by atoms with van der Waals surface area (Å²) in [5.74, 6) is 0.278. The Labute approximate surface area is 167 Å². The monoisotopic (exact) mass is 370 g/mol. The first-order valence-electron chi connectivity index (χ1n) is 10.3. The molecule has 0 spiro atoms. The minimum atomic E-state index is -0.663. The highest BCUT2D eigenvalue weighted by atomic mass is 16.2. The van der Waals surface area contributed by atoms with E-state index < -0.39 is 5.54 Å². The van der Waals surface area contributed by atoms with E-state index in [9.17, 15) is 10.1 Å². The average Bonchev–Trinajstić information content (AvgIpc) is 3.18. The van der Waals surface area contributed by atoms with E-state index in [4.69, 9.17) is 0 Å². The first-order chi connectivity index (χ1) is 13.5. The van der Waals surface area contributed by atoms with Crippen LogP contribution in [0.2, 0.25) is 0 Å².